The Morgan fingerprint density at radius 3 is 1.92 bits per heavy atom. The number of amides is 7. The molecule has 0 aliphatic carbocycles. The SMILES string of the molecule is CC(C)C[C@H](NC(=O)C[C@H](O)[C@H](CC(C)C)NC(=O)[C@H](Cc1c[nH]cn1)NC(=O)[C@H](Cc1ccccc1)NC(=O)[C@@H]1CCCN1C(=O)[C@@H](N)Cc1c[nH]cn1)C(=O)NC(=O)c1ccccc1. The summed E-state index contributed by atoms with van der Waals surface area (Å²) in [6.07, 6.45) is 5.69. The van der Waals surface area contributed by atoms with Gasteiger partial charge >= 0.3 is 0 Å². The molecule has 66 heavy (non-hydrogen) atoms. The summed E-state index contributed by atoms with van der Waals surface area (Å²) >= 11 is 0. The van der Waals surface area contributed by atoms with Crippen LogP contribution in [0.25, 0.3) is 0 Å². The molecular formula is C47H63N11O8. The van der Waals surface area contributed by atoms with Crippen LogP contribution < -0.4 is 32.3 Å². The Balaban J connectivity index is 1.29. The number of carbonyl (C=O) groups is 7. The molecule has 19 heteroatoms. The lowest BCUT2D eigenvalue weighted by molar-refractivity contribution is -0.140. The number of nitrogens with two attached hydrogens (primary N) is 1. The third-order valence-corrected chi connectivity index (χ3v) is 11.2. The van der Waals surface area contributed by atoms with Gasteiger partial charge in [-0.1, -0.05) is 76.2 Å². The van der Waals surface area contributed by atoms with Gasteiger partial charge in [0.25, 0.3) is 5.91 Å². The first-order valence-electron chi connectivity index (χ1n) is 22.4. The van der Waals surface area contributed by atoms with Gasteiger partial charge in [0, 0.05) is 43.8 Å². The second kappa shape index (κ2) is 24.5. The van der Waals surface area contributed by atoms with Crippen molar-refractivity contribution in [3.05, 3.63) is 108 Å². The molecule has 7 amide bonds. The topological polar surface area (TPSA) is 286 Å². The second-order valence-electron chi connectivity index (χ2n) is 17.6. The van der Waals surface area contributed by atoms with Crippen LogP contribution in [0.1, 0.15) is 87.1 Å². The average Bonchev–Trinajstić information content (AvgIpc) is 4.10. The first kappa shape index (κ1) is 50.3. The zero-order valence-corrected chi connectivity index (χ0v) is 37.9. The number of aromatic nitrogens is 4. The fourth-order valence-electron chi connectivity index (χ4n) is 7.90. The van der Waals surface area contributed by atoms with Crippen LogP contribution in [0.5, 0.6) is 0 Å². The standard InChI is InChI=1S/C47H63N11O8/c1-28(2)18-35(40(59)23-41(60)53-36(19-29(3)4)45(64)57-42(61)31-14-9-6-10-15-31)54-44(63)38(22-33-25-50-27-52-33)55-43(62)37(20-30-12-7-5-8-13-30)56-46(65)39-16-11-17-58(39)47(66)34(48)21-32-24-49-26-51-32/h5-10,12-15,24-29,34-40,59H,11,16-23,48H2,1-4H3,(H,49,51)(H,50,52)(H,53,60)(H,54,63)(H,55,62)(H,56,65)(H,57,61,64)/t34-,35-,36-,37-,38-,39-,40-/m0/s1. The van der Waals surface area contributed by atoms with Crippen LogP contribution in [0.3, 0.4) is 0 Å². The average molecular weight is 910 g/mol. The normalized spacial score (nSPS) is 16.4. The summed E-state index contributed by atoms with van der Waals surface area (Å²) in [6.45, 7) is 7.79. The molecule has 1 fully saturated rings. The molecule has 7 atom stereocenters. The van der Waals surface area contributed by atoms with Gasteiger partial charge in [0.1, 0.15) is 24.2 Å². The minimum atomic E-state index is -1.43. The van der Waals surface area contributed by atoms with Crippen molar-refractivity contribution in [2.45, 2.75) is 121 Å². The monoisotopic (exact) mass is 909 g/mol. The van der Waals surface area contributed by atoms with Gasteiger partial charge in [0.15, 0.2) is 0 Å². The molecule has 19 nitrogen and oxygen atoms in total. The smallest absolute Gasteiger partial charge is 0.257 e. The van der Waals surface area contributed by atoms with Crippen LogP contribution in [0.2, 0.25) is 0 Å². The fraction of sp³-hybridized carbons (Fsp3) is 0.468. The highest BCUT2D eigenvalue weighted by Gasteiger charge is 2.39. The summed E-state index contributed by atoms with van der Waals surface area (Å²) in [7, 11) is 0. The van der Waals surface area contributed by atoms with Crippen molar-refractivity contribution in [2.24, 2.45) is 17.6 Å². The molecule has 1 aliphatic heterocycles. The van der Waals surface area contributed by atoms with Crippen molar-refractivity contribution in [3.63, 3.8) is 0 Å². The van der Waals surface area contributed by atoms with E-state index < -0.39 is 90.1 Å². The van der Waals surface area contributed by atoms with Crippen LogP contribution >= 0.6 is 0 Å². The Kier molecular flexibility index (Phi) is 18.7. The molecule has 0 spiro atoms. The van der Waals surface area contributed by atoms with Crippen LogP contribution in [-0.2, 0) is 48.0 Å². The number of hydrogen-bond acceptors (Lipinski definition) is 11. The molecule has 2 aromatic carbocycles. The van der Waals surface area contributed by atoms with Crippen LogP contribution in [0.15, 0.2) is 85.7 Å². The first-order valence-corrected chi connectivity index (χ1v) is 22.4. The lowest BCUT2D eigenvalue weighted by atomic mass is 9.96. The summed E-state index contributed by atoms with van der Waals surface area (Å²) in [6, 6.07) is 10.8. The molecule has 1 saturated heterocycles. The summed E-state index contributed by atoms with van der Waals surface area (Å²) in [4.78, 5) is 111. The highest BCUT2D eigenvalue weighted by atomic mass is 16.3. The van der Waals surface area contributed by atoms with Crippen molar-refractivity contribution in [1.29, 1.82) is 0 Å². The fourth-order valence-corrected chi connectivity index (χ4v) is 7.90. The number of aliphatic hydroxyl groups excluding tert-OH is 1. The molecule has 10 N–H and O–H groups in total. The predicted octanol–water partition coefficient (Wildman–Crippen LogP) is 1.22. The minimum Gasteiger partial charge on any atom is -0.390 e. The quantitative estimate of drug-likeness (QED) is 0.0510. The van der Waals surface area contributed by atoms with Crippen molar-refractivity contribution < 1.29 is 38.7 Å². The number of nitrogens with one attached hydrogen (secondary N) is 7. The van der Waals surface area contributed by atoms with E-state index in [-0.39, 0.29) is 49.5 Å². The molecular weight excluding hydrogens is 847 g/mol. The zero-order chi connectivity index (χ0) is 47.8. The van der Waals surface area contributed by atoms with E-state index in [0.29, 0.717) is 30.8 Å². The van der Waals surface area contributed by atoms with Gasteiger partial charge in [0.05, 0.1) is 48.7 Å². The largest absolute Gasteiger partial charge is 0.390 e. The van der Waals surface area contributed by atoms with E-state index in [1.54, 1.807) is 67.0 Å². The maximum Gasteiger partial charge on any atom is 0.257 e. The number of nitrogens with zero attached hydrogens (tertiary/aromatic N) is 3. The lowest BCUT2D eigenvalue weighted by Gasteiger charge is -2.30. The summed E-state index contributed by atoms with van der Waals surface area (Å²) in [5.74, 6) is -4.45. The van der Waals surface area contributed by atoms with E-state index >= 15 is 0 Å². The van der Waals surface area contributed by atoms with Gasteiger partial charge in [-0.2, -0.15) is 0 Å². The van der Waals surface area contributed by atoms with Crippen molar-refractivity contribution in [1.82, 2.24) is 51.4 Å². The number of carbonyl (C=O) groups excluding carboxylic acids is 7. The number of likely N-dealkylation sites (tertiary alicyclic amines) is 1. The molecule has 2 aromatic heterocycles. The first-order chi connectivity index (χ1) is 31.6. The number of hydrogen-bond donors (Lipinski definition) is 9. The zero-order valence-electron chi connectivity index (χ0n) is 37.9. The number of H-pyrrole nitrogens is 2. The van der Waals surface area contributed by atoms with Crippen molar-refractivity contribution in [3.8, 4) is 0 Å². The van der Waals surface area contributed by atoms with E-state index in [9.17, 15) is 38.7 Å². The van der Waals surface area contributed by atoms with Gasteiger partial charge in [-0.05, 0) is 55.2 Å². The van der Waals surface area contributed by atoms with E-state index in [2.05, 4.69) is 46.5 Å². The van der Waals surface area contributed by atoms with E-state index in [1.165, 1.54) is 17.6 Å². The lowest BCUT2D eigenvalue weighted by Crippen LogP contribution is -2.59. The van der Waals surface area contributed by atoms with Gasteiger partial charge in [-0.15, -0.1) is 0 Å². The maximum atomic E-state index is 14.4. The minimum absolute atomic E-state index is 0.0445. The maximum absolute atomic E-state index is 14.4. The molecule has 4 aromatic rings. The van der Waals surface area contributed by atoms with Crippen LogP contribution in [0, 0.1) is 11.8 Å². The van der Waals surface area contributed by atoms with E-state index in [0.717, 1.165) is 5.56 Å². The molecule has 0 bridgehead atoms. The Morgan fingerprint density at radius 1 is 0.727 bits per heavy atom. The van der Waals surface area contributed by atoms with E-state index in [1.807, 2.05) is 33.8 Å². The molecule has 3 heterocycles. The molecule has 354 valence electrons. The van der Waals surface area contributed by atoms with Crippen molar-refractivity contribution >= 4 is 41.4 Å². The third kappa shape index (κ3) is 15.2. The van der Waals surface area contributed by atoms with Gasteiger partial charge in [0.2, 0.25) is 35.4 Å². The molecule has 5 rings (SSSR count). The number of imidazole rings is 2. The molecule has 0 unspecified atom stereocenters. The number of rotatable bonds is 23. The van der Waals surface area contributed by atoms with Gasteiger partial charge in [-0.25, -0.2) is 9.97 Å². The Bertz CT molecular complexity index is 2200. The number of aromatic amines is 2. The van der Waals surface area contributed by atoms with Crippen LogP contribution in [0.4, 0.5) is 0 Å². The highest BCUT2D eigenvalue weighted by molar-refractivity contribution is 6.06. The predicted molar refractivity (Wildman–Crippen MR) is 244 cm³/mol. The summed E-state index contributed by atoms with van der Waals surface area (Å²) < 4.78 is 0. The second-order valence-corrected chi connectivity index (χ2v) is 17.6. The number of benzene rings is 2. The van der Waals surface area contributed by atoms with E-state index in [4.69, 9.17) is 5.73 Å². The van der Waals surface area contributed by atoms with Gasteiger partial charge in [-0.3, -0.25) is 38.9 Å². The Morgan fingerprint density at radius 2 is 1.32 bits per heavy atom. The Labute approximate surface area is 384 Å². The molecule has 0 saturated carbocycles. The number of aliphatic hydroxyl groups is 1. The number of imide groups is 1. The Hall–Kier alpha value is -6.73. The highest BCUT2D eigenvalue weighted by Crippen LogP contribution is 2.20. The third-order valence-electron chi connectivity index (χ3n) is 11.2. The summed E-state index contributed by atoms with van der Waals surface area (Å²) in [5, 5.41) is 25.0. The van der Waals surface area contributed by atoms with Crippen LogP contribution in [-0.4, -0.2) is 120 Å². The molecule has 0 radical (unpaired) electrons. The summed E-state index contributed by atoms with van der Waals surface area (Å²) in [5.41, 5.74) is 8.31. The van der Waals surface area contributed by atoms with Crippen molar-refractivity contribution in [2.75, 3.05) is 6.54 Å². The molecule has 1 aliphatic rings. The van der Waals surface area contributed by atoms with Gasteiger partial charge < -0.3 is 47.0 Å².